The van der Waals surface area contributed by atoms with E-state index in [1.807, 2.05) is 0 Å². The van der Waals surface area contributed by atoms with E-state index in [0.29, 0.717) is 10.8 Å². The predicted molar refractivity (Wildman–Crippen MR) is 53.5 cm³/mol. The molecule has 14 heavy (non-hydrogen) atoms. The lowest BCUT2D eigenvalue weighted by Crippen LogP contribution is -2.04. The number of halogens is 3. The molecule has 0 saturated heterocycles. The molecule has 0 aliphatic heterocycles. The molecule has 1 aromatic rings. The Morgan fingerprint density at radius 3 is 2.79 bits per heavy atom. The number of hydrogen-bond donors (Lipinski definition) is 0. The Balaban J connectivity index is 3.01. The van der Waals surface area contributed by atoms with Gasteiger partial charge in [-0.15, -0.1) is 0 Å². The van der Waals surface area contributed by atoms with Gasteiger partial charge in [0.1, 0.15) is 12.1 Å². The second-order valence-corrected chi connectivity index (χ2v) is 3.84. The Morgan fingerprint density at radius 1 is 1.50 bits per heavy atom. The van der Waals surface area contributed by atoms with Crippen LogP contribution < -0.4 is 0 Å². The van der Waals surface area contributed by atoms with Gasteiger partial charge >= 0.3 is 0 Å². The minimum Gasteiger partial charge on any atom is -0.303 e. The third-order valence-electron chi connectivity index (χ3n) is 1.96. The third-order valence-corrected chi connectivity index (χ3v) is 2.46. The summed E-state index contributed by atoms with van der Waals surface area (Å²) in [5, 5.41) is 0. The highest BCUT2D eigenvalue weighted by Crippen LogP contribution is 2.25. The highest BCUT2D eigenvalue weighted by atomic mass is 79.9. The lowest BCUT2D eigenvalue weighted by atomic mass is 9.97. The Morgan fingerprint density at radius 2 is 2.21 bits per heavy atom. The molecule has 4 heteroatoms. The summed E-state index contributed by atoms with van der Waals surface area (Å²) >= 11 is 3.17. The predicted octanol–water partition coefficient (Wildman–Crippen LogP) is 3.23. The normalized spacial score (nSPS) is 12.5. The zero-order valence-electron chi connectivity index (χ0n) is 7.34. The SMILES string of the molecule is O=CCC(CF)c1cc(Br)ccc1F. The van der Waals surface area contributed by atoms with Crippen LogP contribution in [-0.4, -0.2) is 13.0 Å². The van der Waals surface area contributed by atoms with Gasteiger partial charge in [-0.05, 0) is 23.8 Å². The van der Waals surface area contributed by atoms with E-state index in [4.69, 9.17) is 0 Å². The molecule has 1 nitrogen and oxygen atoms in total. The monoisotopic (exact) mass is 262 g/mol. The topological polar surface area (TPSA) is 17.1 Å². The molecule has 1 unspecified atom stereocenters. The fourth-order valence-corrected chi connectivity index (χ4v) is 1.60. The van der Waals surface area contributed by atoms with Crippen LogP contribution in [0.3, 0.4) is 0 Å². The molecule has 0 aliphatic rings. The molecule has 0 heterocycles. The van der Waals surface area contributed by atoms with Crippen LogP contribution in [0.25, 0.3) is 0 Å². The summed E-state index contributed by atoms with van der Waals surface area (Å²) < 4.78 is 26.4. The number of hydrogen-bond acceptors (Lipinski definition) is 1. The van der Waals surface area contributed by atoms with Gasteiger partial charge in [0.2, 0.25) is 0 Å². The lowest BCUT2D eigenvalue weighted by Gasteiger charge is -2.11. The first-order valence-electron chi connectivity index (χ1n) is 4.13. The van der Waals surface area contributed by atoms with Crippen LogP contribution in [0.2, 0.25) is 0 Å². The molecule has 0 N–H and O–H groups in total. The van der Waals surface area contributed by atoms with Crippen LogP contribution >= 0.6 is 15.9 Å². The largest absolute Gasteiger partial charge is 0.303 e. The summed E-state index contributed by atoms with van der Waals surface area (Å²) in [5.41, 5.74) is 0.244. The molecule has 0 aromatic heterocycles. The zero-order chi connectivity index (χ0) is 10.6. The molecular weight excluding hydrogens is 254 g/mol. The number of benzene rings is 1. The molecule has 0 radical (unpaired) electrons. The summed E-state index contributed by atoms with van der Waals surface area (Å²) in [6, 6.07) is 4.30. The van der Waals surface area contributed by atoms with E-state index in [1.54, 1.807) is 0 Å². The summed E-state index contributed by atoms with van der Waals surface area (Å²) in [6.07, 6.45) is 0.606. The van der Waals surface area contributed by atoms with Crippen LogP contribution in [0.5, 0.6) is 0 Å². The van der Waals surface area contributed by atoms with E-state index in [9.17, 15) is 13.6 Å². The van der Waals surface area contributed by atoms with Crippen LogP contribution in [-0.2, 0) is 4.79 Å². The quantitative estimate of drug-likeness (QED) is 0.762. The fraction of sp³-hybridized carbons (Fsp3) is 0.300. The summed E-state index contributed by atoms with van der Waals surface area (Å²) in [6.45, 7) is -0.730. The molecule has 0 spiro atoms. The second kappa shape index (κ2) is 5.20. The number of carbonyl (C=O) groups excluding carboxylic acids is 1. The van der Waals surface area contributed by atoms with Crippen LogP contribution in [0.4, 0.5) is 8.78 Å². The number of alkyl halides is 1. The summed E-state index contributed by atoms with van der Waals surface area (Å²) in [4.78, 5) is 10.2. The van der Waals surface area contributed by atoms with E-state index < -0.39 is 18.4 Å². The molecule has 1 atom stereocenters. The van der Waals surface area contributed by atoms with Gasteiger partial charge in [0.25, 0.3) is 0 Å². The summed E-state index contributed by atoms with van der Waals surface area (Å²) in [5.74, 6) is -1.15. The highest BCUT2D eigenvalue weighted by molar-refractivity contribution is 9.10. The molecule has 0 saturated carbocycles. The Kier molecular flexibility index (Phi) is 4.20. The van der Waals surface area contributed by atoms with Gasteiger partial charge in [0.05, 0.1) is 6.67 Å². The standard InChI is InChI=1S/C10H9BrF2O/c11-8-1-2-10(13)9(5-8)7(6-12)3-4-14/h1-2,4-5,7H,3,6H2. The second-order valence-electron chi connectivity index (χ2n) is 2.92. The third kappa shape index (κ3) is 2.61. The molecule has 0 bridgehead atoms. The van der Waals surface area contributed by atoms with E-state index in [0.717, 1.165) is 0 Å². The van der Waals surface area contributed by atoms with Gasteiger partial charge in [-0.25, -0.2) is 4.39 Å². The van der Waals surface area contributed by atoms with Gasteiger partial charge in [-0.2, -0.15) is 0 Å². The van der Waals surface area contributed by atoms with Crippen molar-refractivity contribution >= 4 is 22.2 Å². The first kappa shape index (κ1) is 11.3. The van der Waals surface area contributed by atoms with Crippen molar-refractivity contribution in [1.82, 2.24) is 0 Å². The van der Waals surface area contributed by atoms with Crippen molar-refractivity contribution in [2.75, 3.05) is 6.67 Å². The van der Waals surface area contributed by atoms with Crippen molar-refractivity contribution in [3.8, 4) is 0 Å². The molecule has 76 valence electrons. The van der Waals surface area contributed by atoms with Crippen molar-refractivity contribution in [2.45, 2.75) is 12.3 Å². The maximum Gasteiger partial charge on any atom is 0.126 e. The highest BCUT2D eigenvalue weighted by Gasteiger charge is 2.15. The molecule has 0 amide bonds. The van der Waals surface area contributed by atoms with Crippen LogP contribution in [0.1, 0.15) is 17.9 Å². The van der Waals surface area contributed by atoms with Gasteiger partial charge in [0, 0.05) is 16.8 Å². The number of rotatable bonds is 4. The fourth-order valence-electron chi connectivity index (χ4n) is 1.22. The van der Waals surface area contributed by atoms with Crippen molar-refractivity contribution in [3.63, 3.8) is 0 Å². The lowest BCUT2D eigenvalue weighted by molar-refractivity contribution is -0.108. The van der Waals surface area contributed by atoms with Gasteiger partial charge in [0.15, 0.2) is 0 Å². The first-order valence-corrected chi connectivity index (χ1v) is 4.93. The van der Waals surface area contributed by atoms with E-state index in [-0.39, 0.29) is 12.0 Å². The van der Waals surface area contributed by atoms with Crippen molar-refractivity contribution in [1.29, 1.82) is 0 Å². The average Bonchev–Trinajstić information content (AvgIpc) is 2.18. The number of aldehydes is 1. The molecule has 0 fully saturated rings. The Bertz CT molecular complexity index is 328. The Labute approximate surface area is 89.3 Å². The Hall–Kier alpha value is -0.770. The number of carbonyl (C=O) groups is 1. The van der Waals surface area contributed by atoms with Gasteiger partial charge < -0.3 is 4.79 Å². The maximum atomic E-state index is 13.2. The van der Waals surface area contributed by atoms with Crippen molar-refractivity contribution in [2.24, 2.45) is 0 Å². The molecule has 1 rings (SSSR count). The van der Waals surface area contributed by atoms with E-state index in [2.05, 4.69) is 15.9 Å². The molecule has 1 aromatic carbocycles. The first-order chi connectivity index (χ1) is 6.69. The van der Waals surface area contributed by atoms with Gasteiger partial charge in [-0.1, -0.05) is 15.9 Å². The van der Waals surface area contributed by atoms with Gasteiger partial charge in [-0.3, -0.25) is 4.39 Å². The average molecular weight is 263 g/mol. The van der Waals surface area contributed by atoms with Crippen molar-refractivity contribution in [3.05, 3.63) is 34.1 Å². The minimum atomic E-state index is -0.730. The zero-order valence-corrected chi connectivity index (χ0v) is 8.93. The van der Waals surface area contributed by atoms with Crippen LogP contribution in [0, 0.1) is 5.82 Å². The smallest absolute Gasteiger partial charge is 0.126 e. The van der Waals surface area contributed by atoms with E-state index in [1.165, 1.54) is 18.2 Å². The maximum absolute atomic E-state index is 13.2. The molecular formula is C10H9BrF2O. The minimum absolute atomic E-state index is 0.00384. The van der Waals surface area contributed by atoms with Crippen LogP contribution in [0.15, 0.2) is 22.7 Å². The summed E-state index contributed by atoms with van der Waals surface area (Å²) in [7, 11) is 0. The molecule has 0 aliphatic carbocycles. The van der Waals surface area contributed by atoms with Crippen molar-refractivity contribution < 1.29 is 13.6 Å². The van der Waals surface area contributed by atoms with E-state index >= 15 is 0 Å².